The summed E-state index contributed by atoms with van der Waals surface area (Å²) in [5, 5.41) is 0. The molecule has 1 aromatic rings. The molecule has 4 heteroatoms. The standard InChI is InChI=1S/C12H14O4/c1-8-4-5-11(10(6-8)9(2)13)16-7-12(14)15-3/h4-6H,7H2,1-3H3. The Hall–Kier alpha value is -1.84. The number of esters is 1. The summed E-state index contributed by atoms with van der Waals surface area (Å²) in [4.78, 5) is 22.2. The van der Waals surface area contributed by atoms with Gasteiger partial charge in [-0.1, -0.05) is 11.6 Å². The maximum atomic E-state index is 11.3. The first-order chi connectivity index (χ1) is 7.54. The van der Waals surface area contributed by atoms with E-state index in [9.17, 15) is 9.59 Å². The first-order valence-corrected chi connectivity index (χ1v) is 4.86. The molecule has 1 rings (SSSR count). The lowest BCUT2D eigenvalue weighted by Crippen LogP contribution is -2.14. The molecule has 0 N–H and O–H groups in total. The topological polar surface area (TPSA) is 52.6 Å². The smallest absolute Gasteiger partial charge is 0.343 e. The molecule has 0 saturated carbocycles. The van der Waals surface area contributed by atoms with E-state index in [0.717, 1.165) is 5.56 Å². The number of ether oxygens (including phenoxy) is 2. The fourth-order valence-electron chi connectivity index (χ4n) is 1.24. The number of Topliss-reactive ketones (excluding diaryl/α,β-unsaturated/α-hetero) is 1. The predicted octanol–water partition coefficient (Wildman–Crippen LogP) is 1.75. The summed E-state index contributed by atoms with van der Waals surface area (Å²) in [6.07, 6.45) is 0. The van der Waals surface area contributed by atoms with Crippen molar-refractivity contribution in [3.8, 4) is 5.75 Å². The van der Waals surface area contributed by atoms with Gasteiger partial charge in [0.2, 0.25) is 0 Å². The highest BCUT2D eigenvalue weighted by Crippen LogP contribution is 2.20. The molecule has 0 bridgehead atoms. The molecule has 0 radical (unpaired) electrons. The van der Waals surface area contributed by atoms with E-state index in [-0.39, 0.29) is 12.4 Å². The molecule has 16 heavy (non-hydrogen) atoms. The van der Waals surface area contributed by atoms with Gasteiger partial charge in [0.15, 0.2) is 12.4 Å². The lowest BCUT2D eigenvalue weighted by atomic mass is 10.1. The Morgan fingerprint density at radius 3 is 2.56 bits per heavy atom. The summed E-state index contributed by atoms with van der Waals surface area (Å²) in [5.74, 6) is -0.165. The largest absolute Gasteiger partial charge is 0.481 e. The van der Waals surface area contributed by atoms with E-state index in [4.69, 9.17) is 4.74 Å². The van der Waals surface area contributed by atoms with Crippen molar-refractivity contribution in [3.63, 3.8) is 0 Å². The van der Waals surface area contributed by atoms with Crippen LogP contribution in [0.1, 0.15) is 22.8 Å². The summed E-state index contributed by atoms with van der Waals surface area (Å²) < 4.78 is 9.66. The molecule has 0 fully saturated rings. The third-order valence-electron chi connectivity index (χ3n) is 2.09. The van der Waals surface area contributed by atoms with Crippen LogP contribution in [0.3, 0.4) is 0 Å². The molecule has 0 atom stereocenters. The van der Waals surface area contributed by atoms with Crippen LogP contribution >= 0.6 is 0 Å². The van der Waals surface area contributed by atoms with Crippen LogP contribution in [0.5, 0.6) is 5.75 Å². The zero-order valence-corrected chi connectivity index (χ0v) is 9.57. The van der Waals surface area contributed by atoms with Gasteiger partial charge in [-0.15, -0.1) is 0 Å². The second-order valence-corrected chi connectivity index (χ2v) is 3.42. The summed E-state index contributed by atoms with van der Waals surface area (Å²) in [6.45, 7) is 3.15. The van der Waals surface area contributed by atoms with Gasteiger partial charge in [0, 0.05) is 0 Å². The summed E-state index contributed by atoms with van der Waals surface area (Å²) in [5.41, 5.74) is 1.44. The van der Waals surface area contributed by atoms with Crippen molar-refractivity contribution in [1.82, 2.24) is 0 Å². The molecule has 0 saturated heterocycles. The molecular weight excluding hydrogens is 208 g/mol. The lowest BCUT2D eigenvalue weighted by Gasteiger charge is -2.09. The molecular formula is C12H14O4. The number of carbonyl (C=O) groups excluding carboxylic acids is 2. The van der Waals surface area contributed by atoms with Crippen molar-refractivity contribution < 1.29 is 19.1 Å². The third kappa shape index (κ3) is 3.08. The fraction of sp³-hybridized carbons (Fsp3) is 0.333. The highest BCUT2D eigenvalue weighted by Gasteiger charge is 2.10. The van der Waals surface area contributed by atoms with Crippen molar-refractivity contribution in [2.45, 2.75) is 13.8 Å². The number of ketones is 1. The van der Waals surface area contributed by atoms with Gasteiger partial charge in [0.1, 0.15) is 5.75 Å². The Morgan fingerprint density at radius 1 is 1.31 bits per heavy atom. The second kappa shape index (κ2) is 5.30. The fourth-order valence-corrected chi connectivity index (χ4v) is 1.24. The monoisotopic (exact) mass is 222 g/mol. The molecule has 0 unspecified atom stereocenters. The molecule has 0 spiro atoms. The van der Waals surface area contributed by atoms with E-state index < -0.39 is 5.97 Å². The maximum Gasteiger partial charge on any atom is 0.343 e. The van der Waals surface area contributed by atoms with Crippen molar-refractivity contribution >= 4 is 11.8 Å². The van der Waals surface area contributed by atoms with Crippen LogP contribution in [0.15, 0.2) is 18.2 Å². The van der Waals surface area contributed by atoms with E-state index in [1.54, 1.807) is 12.1 Å². The molecule has 0 aliphatic carbocycles. The maximum absolute atomic E-state index is 11.3. The van der Waals surface area contributed by atoms with Gasteiger partial charge in [-0.2, -0.15) is 0 Å². The average molecular weight is 222 g/mol. The summed E-state index contributed by atoms with van der Waals surface area (Å²) >= 11 is 0. The minimum Gasteiger partial charge on any atom is -0.481 e. The Labute approximate surface area is 94.2 Å². The van der Waals surface area contributed by atoms with Gasteiger partial charge < -0.3 is 9.47 Å². The number of benzene rings is 1. The predicted molar refractivity (Wildman–Crippen MR) is 58.7 cm³/mol. The van der Waals surface area contributed by atoms with Crippen LogP contribution < -0.4 is 4.74 Å². The number of rotatable bonds is 4. The van der Waals surface area contributed by atoms with Gasteiger partial charge in [0.05, 0.1) is 12.7 Å². The minimum absolute atomic E-state index is 0.0939. The molecule has 1 aromatic carbocycles. The van der Waals surface area contributed by atoms with Gasteiger partial charge >= 0.3 is 5.97 Å². The second-order valence-electron chi connectivity index (χ2n) is 3.42. The highest BCUT2D eigenvalue weighted by molar-refractivity contribution is 5.97. The van der Waals surface area contributed by atoms with E-state index in [0.29, 0.717) is 11.3 Å². The Morgan fingerprint density at radius 2 is 2.00 bits per heavy atom. The van der Waals surface area contributed by atoms with Gasteiger partial charge in [-0.05, 0) is 26.0 Å². The molecule has 0 aromatic heterocycles. The lowest BCUT2D eigenvalue weighted by molar-refractivity contribution is -0.142. The first kappa shape index (κ1) is 12.2. The normalized spacial score (nSPS) is 9.69. The first-order valence-electron chi connectivity index (χ1n) is 4.86. The van der Waals surface area contributed by atoms with Crippen molar-refractivity contribution in [3.05, 3.63) is 29.3 Å². The molecule has 0 amide bonds. The quantitative estimate of drug-likeness (QED) is 0.575. The molecule has 86 valence electrons. The van der Waals surface area contributed by atoms with Gasteiger partial charge in [-0.3, -0.25) is 4.79 Å². The third-order valence-corrected chi connectivity index (χ3v) is 2.09. The number of methoxy groups -OCH3 is 1. The summed E-state index contributed by atoms with van der Waals surface area (Å²) in [7, 11) is 1.28. The molecule has 0 aliphatic rings. The zero-order valence-electron chi connectivity index (χ0n) is 9.57. The van der Waals surface area contributed by atoms with Crippen LogP contribution in [0.2, 0.25) is 0 Å². The van der Waals surface area contributed by atoms with Gasteiger partial charge in [-0.25, -0.2) is 4.79 Å². The zero-order chi connectivity index (χ0) is 12.1. The van der Waals surface area contributed by atoms with E-state index in [1.807, 2.05) is 13.0 Å². The van der Waals surface area contributed by atoms with Crippen LogP contribution in [0.25, 0.3) is 0 Å². The van der Waals surface area contributed by atoms with Crippen LogP contribution in [0.4, 0.5) is 0 Å². The minimum atomic E-state index is -0.477. The number of hydrogen-bond acceptors (Lipinski definition) is 4. The Bertz CT molecular complexity index is 409. The van der Waals surface area contributed by atoms with Crippen LogP contribution in [-0.4, -0.2) is 25.5 Å². The Kier molecular flexibility index (Phi) is 4.05. The summed E-state index contributed by atoms with van der Waals surface area (Å²) in [6, 6.07) is 5.23. The van der Waals surface area contributed by atoms with Crippen LogP contribution in [-0.2, 0) is 9.53 Å². The Balaban J connectivity index is 2.87. The number of hydrogen-bond donors (Lipinski definition) is 0. The van der Waals surface area contributed by atoms with E-state index in [1.165, 1.54) is 14.0 Å². The van der Waals surface area contributed by atoms with Crippen molar-refractivity contribution in [1.29, 1.82) is 0 Å². The number of carbonyl (C=O) groups is 2. The van der Waals surface area contributed by atoms with E-state index >= 15 is 0 Å². The molecule has 0 heterocycles. The molecule has 0 aliphatic heterocycles. The SMILES string of the molecule is COC(=O)COc1ccc(C)cc1C(C)=O. The van der Waals surface area contributed by atoms with Gasteiger partial charge in [0.25, 0.3) is 0 Å². The number of aryl methyl sites for hydroxylation is 1. The van der Waals surface area contributed by atoms with E-state index in [2.05, 4.69) is 4.74 Å². The highest BCUT2D eigenvalue weighted by atomic mass is 16.6. The van der Waals surface area contributed by atoms with Crippen molar-refractivity contribution in [2.75, 3.05) is 13.7 Å². The molecule has 4 nitrogen and oxygen atoms in total. The average Bonchev–Trinajstić information content (AvgIpc) is 2.26. The van der Waals surface area contributed by atoms with Crippen molar-refractivity contribution in [2.24, 2.45) is 0 Å². The van der Waals surface area contributed by atoms with Crippen LogP contribution in [0, 0.1) is 6.92 Å².